The highest BCUT2D eigenvalue weighted by molar-refractivity contribution is 5.81. The number of piperidine rings is 1. The number of nitrogens with zero attached hydrogens (tertiary/aromatic N) is 2. The van der Waals surface area contributed by atoms with Gasteiger partial charge in [-0.2, -0.15) is 0 Å². The molecule has 146 valence electrons. The molecule has 4 aliphatic rings. The van der Waals surface area contributed by atoms with Crippen molar-refractivity contribution in [1.29, 1.82) is 0 Å². The molecule has 4 rings (SSSR count). The van der Waals surface area contributed by atoms with Gasteiger partial charge in [0.2, 0.25) is 11.8 Å². The van der Waals surface area contributed by atoms with Gasteiger partial charge in [-0.3, -0.25) is 14.5 Å². The van der Waals surface area contributed by atoms with Crippen LogP contribution in [0.1, 0.15) is 51.4 Å². The largest absolute Gasteiger partial charge is 0.381 e. The van der Waals surface area contributed by atoms with Gasteiger partial charge in [-0.25, -0.2) is 0 Å². The van der Waals surface area contributed by atoms with E-state index in [2.05, 4.69) is 15.1 Å². The van der Waals surface area contributed by atoms with E-state index in [9.17, 15) is 9.59 Å². The highest BCUT2D eigenvalue weighted by atomic mass is 16.5. The fraction of sp³-hybridized carbons (Fsp3) is 0.900. The van der Waals surface area contributed by atoms with Crippen molar-refractivity contribution in [2.75, 3.05) is 39.4 Å². The summed E-state index contributed by atoms with van der Waals surface area (Å²) in [6.45, 7) is 5.14. The van der Waals surface area contributed by atoms with Gasteiger partial charge in [0.05, 0.1) is 0 Å². The molecular formula is C20H33N3O3. The molecule has 0 aromatic carbocycles. The van der Waals surface area contributed by atoms with E-state index in [0.717, 1.165) is 90.8 Å². The molecule has 26 heavy (non-hydrogen) atoms. The highest BCUT2D eigenvalue weighted by Gasteiger charge is 2.37. The molecule has 2 aliphatic heterocycles. The summed E-state index contributed by atoms with van der Waals surface area (Å²) < 4.78 is 5.55. The predicted octanol–water partition coefficient (Wildman–Crippen LogP) is 1.39. The van der Waals surface area contributed by atoms with Crippen LogP contribution in [0.3, 0.4) is 0 Å². The Morgan fingerprint density at radius 2 is 1.50 bits per heavy atom. The quantitative estimate of drug-likeness (QED) is 0.743. The second kappa shape index (κ2) is 8.26. The second-order valence-electron chi connectivity index (χ2n) is 8.48. The summed E-state index contributed by atoms with van der Waals surface area (Å²) in [7, 11) is 0. The summed E-state index contributed by atoms with van der Waals surface area (Å²) in [5.41, 5.74) is 0. The van der Waals surface area contributed by atoms with Gasteiger partial charge >= 0.3 is 0 Å². The fourth-order valence-electron chi connectivity index (χ4n) is 4.48. The van der Waals surface area contributed by atoms with Crippen molar-refractivity contribution < 1.29 is 14.3 Å². The molecule has 0 bridgehead atoms. The summed E-state index contributed by atoms with van der Waals surface area (Å²) in [6, 6.07) is 1.08. The Labute approximate surface area is 156 Å². The van der Waals surface area contributed by atoms with Crippen LogP contribution in [0, 0.1) is 11.8 Å². The molecule has 2 aliphatic carbocycles. The van der Waals surface area contributed by atoms with Gasteiger partial charge < -0.3 is 15.0 Å². The molecule has 0 spiro atoms. The third-order valence-electron chi connectivity index (χ3n) is 6.45. The first kappa shape index (κ1) is 18.2. The van der Waals surface area contributed by atoms with E-state index >= 15 is 0 Å². The standard InChI is InChI=1S/C20H33N3O3/c24-19(15-1-2-15)21-9-12-23(18-7-13-26-14-8-18)17-5-10-22(11-6-17)20(25)16-3-4-16/h15-18H,1-14H2,(H,21,24). The van der Waals surface area contributed by atoms with Crippen molar-refractivity contribution in [3.8, 4) is 0 Å². The lowest BCUT2D eigenvalue weighted by atomic mass is 9.97. The van der Waals surface area contributed by atoms with Crippen LogP contribution in [0.5, 0.6) is 0 Å². The van der Waals surface area contributed by atoms with Gasteiger partial charge in [-0.05, 0) is 51.4 Å². The summed E-state index contributed by atoms with van der Waals surface area (Å²) in [4.78, 5) is 28.9. The molecule has 0 atom stereocenters. The van der Waals surface area contributed by atoms with E-state index < -0.39 is 0 Å². The Balaban J connectivity index is 1.29. The van der Waals surface area contributed by atoms with Crippen LogP contribution in [0.4, 0.5) is 0 Å². The van der Waals surface area contributed by atoms with Gasteiger partial charge in [0.25, 0.3) is 0 Å². The van der Waals surface area contributed by atoms with E-state index in [1.54, 1.807) is 0 Å². The number of carbonyl (C=O) groups excluding carboxylic acids is 2. The number of ether oxygens (including phenoxy) is 1. The lowest BCUT2D eigenvalue weighted by molar-refractivity contribution is -0.134. The lowest BCUT2D eigenvalue weighted by Gasteiger charge is -2.43. The number of carbonyl (C=O) groups is 2. The van der Waals surface area contributed by atoms with E-state index in [1.807, 2.05) is 0 Å². The summed E-state index contributed by atoms with van der Waals surface area (Å²) in [5.74, 6) is 1.23. The molecule has 0 radical (unpaired) electrons. The summed E-state index contributed by atoms with van der Waals surface area (Å²) >= 11 is 0. The zero-order chi connectivity index (χ0) is 17.9. The smallest absolute Gasteiger partial charge is 0.225 e. The minimum atomic E-state index is 0.238. The van der Waals surface area contributed by atoms with Crippen molar-refractivity contribution in [2.24, 2.45) is 11.8 Å². The molecular weight excluding hydrogens is 330 g/mol. The highest BCUT2D eigenvalue weighted by Crippen LogP contribution is 2.33. The summed E-state index contributed by atoms with van der Waals surface area (Å²) in [6.07, 6.45) is 8.58. The normalized spacial score (nSPS) is 25.5. The van der Waals surface area contributed by atoms with Crippen LogP contribution in [0.25, 0.3) is 0 Å². The van der Waals surface area contributed by atoms with E-state index in [0.29, 0.717) is 23.9 Å². The van der Waals surface area contributed by atoms with Crippen molar-refractivity contribution in [1.82, 2.24) is 15.1 Å². The van der Waals surface area contributed by atoms with E-state index in [-0.39, 0.29) is 11.8 Å². The van der Waals surface area contributed by atoms with Crippen molar-refractivity contribution in [3.63, 3.8) is 0 Å². The monoisotopic (exact) mass is 363 g/mol. The third-order valence-corrected chi connectivity index (χ3v) is 6.45. The first-order valence-electron chi connectivity index (χ1n) is 10.6. The molecule has 2 saturated heterocycles. The van der Waals surface area contributed by atoms with Crippen molar-refractivity contribution in [2.45, 2.75) is 63.5 Å². The van der Waals surface area contributed by atoms with E-state index in [1.165, 1.54) is 0 Å². The molecule has 4 fully saturated rings. The Hall–Kier alpha value is -1.14. The Kier molecular flexibility index (Phi) is 5.79. The minimum Gasteiger partial charge on any atom is -0.381 e. The lowest BCUT2D eigenvalue weighted by Crippen LogP contribution is -2.53. The predicted molar refractivity (Wildman–Crippen MR) is 98.6 cm³/mol. The van der Waals surface area contributed by atoms with Gasteiger partial charge in [0.1, 0.15) is 0 Å². The molecule has 2 heterocycles. The molecule has 2 saturated carbocycles. The maximum Gasteiger partial charge on any atom is 0.225 e. The SMILES string of the molecule is O=C(NCCN(C1CCOCC1)C1CCN(C(=O)C2CC2)CC1)C1CC1. The Morgan fingerprint density at radius 1 is 0.885 bits per heavy atom. The van der Waals surface area contributed by atoms with Crippen LogP contribution in [-0.2, 0) is 14.3 Å². The van der Waals surface area contributed by atoms with E-state index in [4.69, 9.17) is 4.74 Å². The van der Waals surface area contributed by atoms with Gasteiger partial charge in [-0.1, -0.05) is 0 Å². The zero-order valence-electron chi connectivity index (χ0n) is 15.8. The molecule has 0 aromatic rings. The van der Waals surface area contributed by atoms with Crippen LogP contribution >= 0.6 is 0 Å². The summed E-state index contributed by atoms with van der Waals surface area (Å²) in [5, 5.41) is 3.13. The first-order valence-corrected chi connectivity index (χ1v) is 10.6. The molecule has 0 aromatic heterocycles. The first-order chi connectivity index (χ1) is 12.7. The topological polar surface area (TPSA) is 61.9 Å². The number of rotatable bonds is 7. The Morgan fingerprint density at radius 3 is 2.12 bits per heavy atom. The minimum absolute atomic E-state index is 0.238. The zero-order valence-corrected chi connectivity index (χ0v) is 15.8. The third kappa shape index (κ3) is 4.58. The number of likely N-dealkylation sites (tertiary alicyclic amines) is 1. The molecule has 6 heteroatoms. The fourth-order valence-corrected chi connectivity index (χ4v) is 4.48. The maximum absolute atomic E-state index is 12.3. The number of hydrogen-bond acceptors (Lipinski definition) is 4. The van der Waals surface area contributed by atoms with Crippen molar-refractivity contribution in [3.05, 3.63) is 0 Å². The number of nitrogens with one attached hydrogen (secondary N) is 1. The second-order valence-corrected chi connectivity index (χ2v) is 8.48. The molecule has 6 nitrogen and oxygen atoms in total. The Bertz CT molecular complexity index is 504. The molecule has 0 unspecified atom stereocenters. The number of amides is 2. The average molecular weight is 364 g/mol. The van der Waals surface area contributed by atoms with Gasteiger partial charge in [0, 0.05) is 63.3 Å². The molecule has 2 amide bonds. The van der Waals surface area contributed by atoms with Crippen LogP contribution in [0.15, 0.2) is 0 Å². The average Bonchev–Trinajstić information content (AvgIpc) is 3.58. The number of hydrogen-bond donors (Lipinski definition) is 1. The van der Waals surface area contributed by atoms with Crippen LogP contribution < -0.4 is 5.32 Å². The van der Waals surface area contributed by atoms with Gasteiger partial charge in [-0.15, -0.1) is 0 Å². The molecule has 1 N–H and O–H groups in total. The van der Waals surface area contributed by atoms with Crippen LogP contribution in [-0.4, -0.2) is 73.1 Å². The maximum atomic E-state index is 12.3. The van der Waals surface area contributed by atoms with Crippen LogP contribution in [0.2, 0.25) is 0 Å². The van der Waals surface area contributed by atoms with Crippen molar-refractivity contribution >= 4 is 11.8 Å². The van der Waals surface area contributed by atoms with Gasteiger partial charge in [0.15, 0.2) is 0 Å².